The zero-order chi connectivity index (χ0) is 12.6. The molecule has 0 aromatic heterocycles. The lowest BCUT2D eigenvalue weighted by atomic mass is 10.2. The van der Waals surface area contributed by atoms with E-state index in [2.05, 4.69) is 16.6 Å². The standard InChI is InChI=1S/C10H17N3O3/c1-4-5-8(9(14)15)12-10(16)11-6-7-13(2)3/h1,8H,5-7H2,2-3H3,(H,14,15)(H2,11,12,16). The average molecular weight is 227 g/mol. The molecule has 0 aliphatic heterocycles. The molecule has 6 heteroatoms. The first-order chi connectivity index (χ1) is 7.47. The predicted molar refractivity (Wildman–Crippen MR) is 60.0 cm³/mol. The second kappa shape index (κ2) is 7.54. The normalized spacial score (nSPS) is 11.6. The first kappa shape index (κ1) is 14.3. The van der Waals surface area contributed by atoms with E-state index < -0.39 is 18.0 Å². The van der Waals surface area contributed by atoms with Gasteiger partial charge >= 0.3 is 12.0 Å². The number of amides is 2. The second-order valence-electron chi connectivity index (χ2n) is 3.50. The van der Waals surface area contributed by atoms with Crippen molar-refractivity contribution in [2.24, 2.45) is 0 Å². The van der Waals surface area contributed by atoms with Gasteiger partial charge in [0.25, 0.3) is 0 Å². The van der Waals surface area contributed by atoms with E-state index in [9.17, 15) is 9.59 Å². The highest BCUT2D eigenvalue weighted by molar-refractivity contribution is 5.82. The summed E-state index contributed by atoms with van der Waals surface area (Å²) in [6.45, 7) is 1.13. The summed E-state index contributed by atoms with van der Waals surface area (Å²) in [4.78, 5) is 23.8. The third kappa shape index (κ3) is 6.68. The van der Waals surface area contributed by atoms with E-state index >= 15 is 0 Å². The maximum Gasteiger partial charge on any atom is 0.327 e. The van der Waals surface area contributed by atoms with E-state index in [1.807, 2.05) is 19.0 Å². The maximum atomic E-state index is 11.2. The number of aliphatic carboxylic acids is 1. The number of hydrogen-bond acceptors (Lipinski definition) is 3. The molecule has 1 unspecified atom stereocenters. The molecule has 0 aliphatic carbocycles. The first-order valence-corrected chi connectivity index (χ1v) is 4.82. The van der Waals surface area contributed by atoms with Crippen LogP contribution >= 0.6 is 0 Å². The summed E-state index contributed by atoms with van der Waals surface area (Å²) < 4.78 is 0. The van der Waals surface area contributed by atoms with E-state index in [0.29, 0.717) is 13.1 Å². The fraction of sp³-hybridized carbons (Fsp3) is 0.600. The summed E-state index contributed by atoms with van der Waals surface area (Å²) in [7, 11) is 3.75. The minimum Gasteiger partial charge on any atom is -0.480 e. The van der Waals surface area contributed by atoms with Gasteiger partial charge in [-0.1, -0.05) is 0 Å². The number of rotatable bonds is 6. The quantitative estimate of drug-likeness (QED) is 0.525. The minimum absolute atomic E-state index is 0.0313. The molecular formula is C10H17N3O3. The minimum atomic E-state index is -1.14. The Hall–Kier alpha value is -1.74. The third-order valence-electron chi connectivity index (χ3n) is 1.77. The molecule has 0 rings (SSSR count). The number of carboxylic acid groups (broad SMARTS) is 1. The van der Waals surface area contributed by atoms with Crippen LogP contribution in [0.15, 0.2) is 0 Å². The van der Waals surface area contributed by atoms with Gasteiger partial charge in [-0.25, -0.2) is 9.59 Å². The molecule has 0 bridgehead atoms. The van der Waals surface area contributed by atoms with Crippen LogP contribution in [-0.2, 0) is 4.79 Å². The van der Waals surface area contributed by atoms with Crippen molar-refractivity contribution in [2.75, 3.05) is 27.2 Å². The van der Waals surface area contributed by atoms with Gasteiger partial charge in [0.05, 0.1) is 0 Å². The molecule has 0 aliphatic rings. The predicted octanol–water partition coefficient (Wildman–Crippen LogP) is -0.676. The van der Waals surface area contributed by atoms with Crippen molar-refractivity contribution in [3.05, 3.63) is 0 Å². The number of carbonyl (C=O) groups excluding carboxylic acids is 1. The van der Waals surface area contributed by atoms with Gasteiger partial charge in [-0.05, 0) is 14.1 Å². The fourth-order valence-corrected chi connectivity index (χ4v) is 0.920. The van der Waals surface area contributed by atoms with Crippen LogP contribution < -0.4 is 10.6 Å². The van der Waals surface area contributed by atoms with Gasteiger partial charge in [-0.2, -0.15) is 0 Å². The lowest BCUT2D eigenvalue weighted by Crippen LogP contribution is -2.47. The van der Waals surface area contributed by atoms with E-state index in [1.165, 1.54) is 0 Å². The maximum absolute atomic E-state index is 11.2. The van der Waals surface area contributed by atoms with Crippen LogP contribution in [0, 0.1) is 12.3 Å². The van der Waals surface area contributed by atoms with Crippen LogP contribution in [0.2, 0.25) is 0 Å². The number of terminal acetylenes is 1. The van der Waals surface area contributed by atoms with Gasteiger partial charge < -0.3 is 20.6 Å². The van der Waals surface area contributed by atoms with E-state index in [1.54, 1.807) is 0 Å². The zero-order valence-corrected chi connectivity index (χ0v) is 9.49. The molecule has 0 aromatic rings. The van der Waals surface area contributed by atoms with Crippen molar-refractivity contribution >= 4 is 12.0 Å². The van der Waals surface area contributed by atoms with Gasteiger partial charge in [0.1, 0.15) is 6.04 Å². The highest BCUT2D eigenvalue weighted by Crippen LogP contribution is 1.90. The van der Waals surface area contributed by atoms with Crippen molar-refractivity contribution in [1.82, 2.24) is 15.5 Å². The molecule has 0 aromatic carbocycles. The lowest BCUT2D eigenvalue weighted by molar-refractivity contribution is -0.139. The van der Waals surface area contributed by atoms with Gasteiger partial charge in [0, 0.05) is 19.5 Å². The monoisotopic (exact) mass is 227 g/mol. The van der Waals surface area contributed by atoms with E-state index in [4.69, 9.17) is 11.5 Å². The Kier molecular flexibility index (Phi) is 6.72. The summed E-state index contributed by atoms with van der Waals surface area (Å²) in [6.07, 6.45) is 4.96. The average Bonchev–Trinajstić information content (AvgIpc) is 2.16. The number of likely N-dealkylation sites (N-methyl/N-ethyl adjacent to an activating group) is 1. The number of hydrogen-bond donors (Lipinski definition) is 3. The first-order valence-electron chi connectivity index (χ1n) is 4.82. The molecule has 0 heterocycles. The molecule has 0 radical (unpaired) electrons. The molecule has 0 fully saturated rings. The Morgan fingerprint density at radius 3 is 2.56 bits per heavy atom. The zero-order valence-electron chi connectivity index (χ0n) is 9.49. The van der Waals surface area contributed by atoms with Crippen LogP contribution in [0.1, 0.15) is 6.42 Å². The number of carbonyl (C=O) groups is 2. The smallest absolute Gasteiger partial charge is 0.327 e. The lowest BCUT2D eigenvalue weighted by Gasteiger charge is -2.14. The molecular weight excluding hydrogens is 210 g/mol. The summed E-state index contributed by atoms with van der Waals surface area (Å²) in [5, 5.41) is 13.5. The summed E-state index contributed by atoms with van der Waals surface area (Å²) in [6, 6.07) is -1.56. The van der Waals surface area contributed by atoms with Crippen molar-refractivity contribution in [2.45, 2.75) is 12.5 Å². The van der Waals surface area contributed by atoms with Crippen LogP contribution in [0.4, 0.5) is 4.79 Å². The second-order valence-corrected chi connectivity index (χ2v) is 3.50. The molecule has 1 atom stereocenters. The van der Waals surface area contributed by atoms with E-state index in [-0.39, 0.29) is 6.42 Å². The number of urea groups is 1. The van der Waals surface area contributed by atoms with Gasteiger partial charge in [0.2, 0.25) is 0 Å². The molecule has 0 saturated heterocycles. The third-order valence-corrected chi connectivity index (χ3v) is 1.77. The fourth-order valence-electron chi connectivity index (χ4n) is 0.920. The summed E-state index contributed by atoms with van der Waals surface area (Å²) in [5.74, 6) is 1.06. The Morgan fingerprint density at radius 2 is 2.12 bits per heavy atom. The molecule has 16 heavy (non-hydrogen) atoms. The van der Waals surface area contributed by atoms with Crippen LogP contribution in [-0.4, -0.2) is 55.2 Å². The highest BCUT2D eigenvalue weighted by atomic mass is 16.4. The van der Waals surface area contributed by atoms with Crippen molar-refractivity contribution in [3.8, 4) is 12.3 Å². The van der Waals surface area contributed by atoms with Gasteiger partial charge in [-0.3, -0.25) is 0 Å². The van der Waals surface area contributed by atoms with Crippen molar-refractivity contribution < 1.29 is 14.7 Å². The molecule has 3 N–H and O–H groups in total. The van der Waals surface area contributed by atoms with Crippen molar-refractivity contribution in [1.29, 1.82) is 0 Å². The van der Waals surface area contributed by atoms with Crippen molar-refractivity contribution in [3.63, 3.8) is 0 Å². The molecule has 6 nitrogen and oxygen atoms in total. The number of nitrogens with one attached hydrogen (secondary N) is 2. The highest BCUT2D eigenvalue weighted by Gasteiger charge is 2.18. The largest absolute Gasteiger partial charge is 0.480 e. The molecule has 2 amide bonds. The van der Waals surface area contributed by atoms with Crippen LogP contribution in [0.5, 0.6) is 0 Å². The van der Waals surface area contributed by atoms with E-state index in [0.717, 1.165) is 0 Å². The van der Waals surface area contributed by atoms with Crippen LogP contribution in [0.25, 0.3) is 0 Å². The topological polar surface area (TPSA) is 81.7 Å². The molecule has 0 spiro atoms. The van der Waals surface area contributed by atoms with Crippen LogP contribution in [0.3, 0.4) is 0 Å². The SMILES string of the molecule is C#CCC(NC(=O)NCCN(C)C)C(=O)O. The molecule has 0 saturated carbocycles. The Bertz CT molecular complexity index is 284. The Morgan fingerprint density at radius 1 is 1.50 bits per heavy atom. The molecule has 90 valence electrons. The van der Waals surface area contributed by atoms with Gasteiger partial charge in [0.15, 0.2) is 0 Å². The number of carboxylic acids is 1. The summed E-state index contributed by atoms with van der Waals surface area (Å²) in [5.41, 5.74) is 0. The summed E-state index contributed by atoms with van der Waals surface area (Å²) >= 11 is 0. The Balaban J connectivity index is 3.92. The van der Waals surface area contributed by atoms with Gasteiger partial charge in [-0.15, -0.1) is 12.3 Å². The Labute approximate surface area is 95.0 Å². The number of nitrogens with zero attached hydrogens (tertiary/aromatic N) is 1.